The van der Waals surface area contributed by atoms with Gasteiger partial charge in [0.25, 0.3) is 0 Å². The normalized spacial score (nSPS) is 28.8. The molecule has 10 N–H and O–H groups in total. The van der Waals surface area contributed by atoms with Gasteiger partial charge in [-0.2, -0.15) is 0 Å². The number of benzene rings is 3. The molecular weight excluding hydrogens is 865 g/mol. The fourth-order valence-corrected chi connectivity index (χ4v) is 10.8. The van der Waals surface area contributed by atoms with Gasteiger partial charge < -0.3 is 65.7 Å². The van der Waals surface area contributed by atoms with Crippen molar-refractivity contribution in [1.29, 1.82) is 0 Å². The molecule has 16 heteroatoms. The molecule has 2 aliphatic heterocycles. The summed E-state index contributed by atoms with van der Waals surface area (Å²) in [7, 11) is 0. The number of aliphatic hydroxyl groups excluding tert-OH is 3. The van der Waals surface area contributed by atoms with E-state index in [0.29, 0.717) is 18.4 Å². The highest BCUT2D eigenvalue weighted by molar-refractivity contribution is 6.01. The molecule has 2 saturated carbocycles. The van der Waals surface area contributed by atoms with Gasteiger partial charge in [-0.15, -0.1) is 0 Å². The van der Waals surface area contributed by atoms with Crippen LogP contribution in [-0.2, 0) is 41.6 Å². The Bertz CT molecular complexity index is 2260. The molecule has 67 heavy (non-hydrogen) atoms. The van der Waals surface area contributed by atoms with Crippen molar-refractivity contribution in [2.45, 2.75) is 106 Å². The zero-order valence-electron chi connectivity index (χ0n) is 37.6. The number of ketones is 2. The first kappa shape index (κ1) is 49.7. The number of nitrogens with one attached hydrogen (secondary N) is 1. The van der Waals surface area contributed by atoms with Gasteiger partial charge in [0.1, 0.15) is 30.5 Å². The Morgan fingerprint density at radius 2 is 1.67 bits per heavy atom. The van der Waals surface area contributed by atoms with Gasteiger partial charge in [-0.25, -0.2) is 4.79 Å². The Kier molecular flexibility index (Phi) is 16.2. The minimum Gasteiger partial charge on any atom is -0.504 e. The maximum Gasteiger partial charge on any atom is 0.336 e. The molecule has 8 atom stereocenters. The maximum absolute atomic E-state index is 15.3. The van der Waals surface area contributed by atoms with Crippen molar-refractivity contribution >= 4 is 29.7 Å². The molecule has 2 aliphatic carbocycles. The zero-order valence-corrected chi connectivity index (χ0v) is 37.6. The second kappa shape index (κ2) is 21.8. The third-order valence-corrected chi connectivity index (χ3v) is 14.2. The molecule has 0 radical (unpaired) electrons. The lowest BCUT2D eigenvalue weighted by molar-refractivity contribution is -0.345. The Balaban J connectivity index is 1.29. The summed E-state index contributed by atoms with van der Waals surface area (Å²) in [6, 6.07) is 16.7. The molecule has 0 spiro atoms. The summed E-state index contributed by atoms with van der Waals surface area (Å²) < 4.78 is 25.9. The molecule has 2 bridgehead atoms. The van der Waals surface area contributed by atoms with Crippen LogP contribution in [0.2, 0.25) is 0 Å². The van der Waals surface area contributed by atoms with Crippen molar-refractivity contribution in [3.63, 3.8) is 0 Å². The smallest absolute Gasteiger partial charge is 0.336 e. The molecule has 4 fully saturated rings. The van der Waals surface area contributed by atoms with Crippen LogP contribution in [0.4, 0.5) is 0 Å². The highest BCUT2D eigenvalue weighted by atomic mass is 16.6. The van der Waals surface area contributed by atoms with Gasteiger partial charge in [0.2, 0.25) is 0 Å². The van der Waals surface area contributed by atoms with E-state index in [1.807, 2.05) is 30.3 Å². The summed E-state index contributed by atoms with van der Waals surface area (Å²) in [5, 5.41) is 79.8. The minimum absolute atomic E-state index is 0.000818. The highest BCUT2D eigenvalue weighted by Gasteiger charge is 2.73. The number of phenols is 3. The molecule has 362 valence electrons. The van der Waals surface area contributed by atoms with E-state index in [9.17, 15) is 45.3 Å². The van der Waals surface area contributed by atoms with Crippen LogP contribution in [0.5, 0.6) is 23.0 Å². The summed E-state index contributed by atoms with van der Waals surface area (Å²) in [4.78, 5) is 42.8. The SMILES string of the molecule is NCCOc1ccc(/C=C/C(=O)CO[C@@]2(C(=O)O)C[C@@H](O)[C@H]3OC[C@H](CCc4ccccc4)C[C@@]4(C(=O)/C=C/c5cc(O)c(O)cc5CO)O[C@]3(CNC3CCCCC3)[C@@H]2C[C@@H]4CO)cc1O. The Morgan fingerprint density at radius 3 is 2.37 bits per heavy atom. The molecular formula is C51H64N2O14. The Morgan fingerprint density at radius 1 is 0.910 bits per heavy atom. The highest BCUT2D eigenvalue weighted by Crippen LogP contribution is 2.58. The number of hydrogen-bond donors (Lipinski definition) is 9. The summed E-state index contributed by atoms with van der Waals surface area (Å²) in [6.45, 7) is -1.41. The number of aliphatic carboxylic acids is 1. The third-order valence-electron chi connectivity index (χ3n) is 14.2. The number of carbonyl (C=O) groups is 3. The van der Waals surface area contributed by atoms with Crippen LogP contribution in [0.15, 0.2) is 72.8 Å². The van der Waals surface area contributed by atoms with E-state index in [1.54, 1.807) is 6.07 Å². The van der Waals surface area contributed by atoms with Crippen LogP contribution < -0.4 is 15.8 Å². The summed E-state index contributed by atoms with van der Waals surface area (Å²) in [5.74, 6) is -6.09. The van der Waals surface area contributed by atoms with Crippen molar-refractivity contribution < 1.29 is 69.1 Å². The number of rotatable bonds is 20. The maximum atomic E-state index is 15.3. The molecule has 0 unspecified atom stereocenters. The van der Waals surface area contributed by atoms with Crippen molar-refractivity contribution in [3.8, 4) is 23.0 Å². The van der Waals surface area contributed by atoms with Crippen molar-refractivity contribution in [1.82, 2.24) is 5.32 Å². The van der Waals surface area contributed by atoms with Gasteiger partial charge >= 0.3 is 5.97 Å². The first-order valence-corrected chi connectivity index (χ1v) is 23.3. The summed E-state index contributed by atoms with van der Waals surface area (Å²) >= 11 is 0. The second-order valence-electron chi connectivity index (χ2n) is 18.5. The predicted molar refractivity (Wildman–Crippen MR) is 246 cm³/mol. The van der Waals surface area contributed by atoms with Crippen LogP contribution in [0.3, 0.4) is 0 Å². The van der Waals surface area contributed by atoms with Crippen LogP contribution >= 0.6 is 0 Å². The average Bonchev–Trinajstić information content (AvgIpc) is 3.32. The molecule has 4 aliphatic rings. The quantitative estimate of drug-likeness (QED) is 0.0568. The molecule has 0 amide bonds. The topological polar surface area (TPSA) is 268 Å². The van der Waals surface area contributed by atoms with Gasteiger partial charge in [-0.05, 0) is 103 Å². The third kappa shape index (κ3) is 10.8. The number of carboxylic acids is 1. The molecule has 3 aromatic carbocycles. The first-order valence-electron chi connectivity index (χ1n) is 23.3. The first-order chi connectivity index (χ1) is 32.3. The monoisotopic (exact) mass is 928 g/mol. The number of aliphatic hydroxyl groups is 3. The Labute approximate surface area is 390 Å². The average molecular weight is 929 g/mol. The zero-order chi connectivity index (χ0) is 47.8. The van der Waals surface area contributed by atoms with Gasteiger partial charge in [0.15, 0.2) is 40.2 Å². The number of nitrogens with two attached hydrogens (primary N) is 1. The lowest BCUT2D eigenvalue weighted by atomic mass is 9.55. The van der Waals surface area contributed by atoms with E-state index in [1.165, 1.54) is 48.6 Å². The van der Waals surface area contributed by atoms with Crippen LogP contribution in [0, 0.1) is 17.8 Å². The second-order valence-corrected chi connectivity index (χ2v) is 18.5. The van der Waals surface area contributed by atoms with Crippen molar-refractivity contribution in [3.05, 3.63) is 95.1 Å². The van der Waals surface area contributed by atoms with Crippen molar-refractivity contribution in [2.24, 2.45) is 23.5 Å². The van der Waals surface area contributed by atoms with Gasteiger partial charge in [0.05, 0.1) is 19.3 Å². The summed E-state index contributed by atoms with van der Waals surface area (Å²) in [6.07, 6.45) is 7.79. The summed E-state index contributed by atoms with van der Waals surface area (Å²) in [5.41, 5.74) is 1.60. The number of phenolic OH excluding ortho intramolecular Hbond substituents is 3. The van der Waals surface area contributed by atoms with Crippen molar-refractivity contribution in [2.75, 3.05) is 39.5 Å². The number of aryl methyl sites for hydroxylation is 1. The fraction of sp³-hybridized carbons (Fsp3) is 0.510. The van der Waals surface area contributed by atoms with E-state index in [0.717, 1.165) is 37.7 Å². The fourth-order valence-electron chi connectivity index (χ4n) is 10.8. The molecule has 3 aromatic rings. The van der Waals surface area contributed by atoms with Gasteiger partial charge in [-0.3, -0.25) is 9.59 Å². The minimum atomic E-state index is -2.28. The van der Waals surface area contributed by atoms with Gasteiger partial charge in [0, 0.05) is 44.0 Å². The largest absolute Gasteiger partial charge is 0.504 e. The lowest BCUT2D eigenvalue weighted by Gasteiger charge is -2.65. The molecule has 2 saturated heterocycles. The molecule has 7 rings (SSSR count). The molecule has 0 aromatic heterocycles. The number of carboxylic acid groups (broad SMARTS) is 1. The number of carbonyl (C=O) groups excluding carboxylic acids is 2. The van der Waals surface area contributed by atoms with Gasteiger partial charge in [-0.1, -0.05) is 67.8 Å². The van der Waals surface area contributed by atoms with E-state index >= 15 is 4.79 Å². The van der Waals surface area contributed by atoms with E-state index < -0.39 is 96.1 Å². The van der Waals surface area contributed by atoms with Crippen LogP contribution in [0.25, 0.3) is 12.2 Å². The number of ether oxygens (including phenoxy) is 4. The number of hydrogen-bond acceptors (Lipinski definition) is 15. The molecule has 16 nitrogen and oxygen atoms in total. The van der Waals surface area contributed by atoms with E-state index in [-0.39, 0.29) is 73.7 Å². The number of fused-ring (bicyclic) bond motifs is 1. The number of aromatic hydroxyl groups is 3. The standard InChI is InChI=1S/C51H64N2O14/c52-19-20-64-44-17-14-33(21-42(44)59)13-16-39(56)30-66-50(48(62)63)26-43(60)47-51(31-53-38-9-5-2-6-10-38)45(50)24-37(28-55)49(67-51,25-34(29-65-47)12-11-32-7-3-1-4-8-32)46(61)18-15-35-22-40(57)41(58)23-36(35)27-54/h1,3-4,7-8,13-18,21-23,34,37-38,43,45,47,53-55,57-60H,2,5-6,9-12,19-20,24-31,52H2,(H,62,63)/b16-13+,18-15+/t34-,37-,43-,45-,47-,49-,50+,51-/m1/s1. The van der Waals surface area contributed by atoms with E-state index in [4.69, 9.17) is 24.7 Å². The molecule has 2 heterocycles. The van der Waals surface area contributed by atoms with Crippen LogP contribution in [-0.4, -0.2) is 128 Å². The Hall–Kier alpha value is -5.17. The lowest BCUT2D eigenvalue weighted by Crippen LogP contribution is -2.80. The van der Waals surface area contributed by atoms with E-state index in [2.05, 4.69) is 5.32 Å². The van der Waals surface area contributed by atoms with Crippen LogP contribution in [0.1, 0.15) is 80.0 Å². The predicted octanol–water partition coefficient (Wildman–Crippen LogP) is 4.19.